The Morgan fingerprint density at radius 1 is 0.943 bits per heavy atom. The van der Waals surface area contributed by atoms with E-state index in [9.17, 15) is 0 Å². The molecule has 0 bridgehead atoms. The van der Waals surface area contributed by atoms with Gasteiger partial charge < -0.3 is 15.4 Å². The highest BCUT2D eigenvalue weighted by atomic mass is 16.5. The zero-order valence-electron chi connectivity index (χ0n) is 20.2. The van der Waals surface area contributed by atoms with Crippen LogP contribution in [0, 0.1) is 0 Å². The molecule has 9 nitrogen and oxygen atoms in total. The third-order valence-electron chi connectivity index (χ3n) is 6.10. The number of aromatic nitrogens is 6. The van der Waals surface area contributed by atoms with Crippen LogP contribution in [0.3, 0.4) is 0 Å². The molecule has 9 heteroatoms. The van der Waals surface area contributed by atoms with Gasteiger partial charge in [0.05, 0.1) is 13.3 Å². The van der Waals surface area contributed by atoms with Gasteiger partial charge in [0.15, 0.2) is 5.65 Å². The minimum Gasteiger partial charge on any atom is -0.497 e. The minimum atomic E-state index is 0.173. The smallest absolute Gasteiger partial charge is 0.163 e. The molecule has 2 N–H and O–H groups in total. The summed E-state index contributed by atoms with van der Waals surface area (Å²) >= 11 is 0. The number of benzene rings is 1. The molecule has 4 heterocycles. The van der Waals surface area contributed by atoms with E-state index in [1.807, 2.05) is 44.4 Å². The lowest BCUT2D eigenvalue weighted by Crippen LogP contribution is -2.07. The normalized spacial score (nSPS) is 12.0. The standard InChI is InChI=1S/C26H28N8O/c1-17(13-18-5-7-21(35-4)8-6-18)26-32-31-25-16-20(15-24(27-2)34(25)26)19-9-11-28-22(14-19)30-23-10-12-29-33(23)3/h5-12,14-17,27H,13H2,1-4H3,(H,28,30)/t17-/m1/s1. The summed E-state index contributed by atoms with van der Waals surface area (Å²) in [7, 11) is 5.48. The number of nitrogens with zero attached hydrogens (tertiary/aromatic N) is 6. The quantitative estimate of drug-likeness (QED) is 0.342. The van der Waals surface area contributed by atoms with Gasteiger partial charge in [0, 0.05) is 32.3 Å². The fourth-order valence-corrected chi connectivity index (χ4v) is 4.22. The second-order valence-corrected chi connectivity index (χ2v) is 8.48. The van der Waals surface area contributed by atoms with Crippen molar-refractivity contribution in [2.75, 3.05) is 24.8 Å². The van der Waals surface area contributed by atoms with Crippen molar-refractivity contribution in [3.8, 4) is 16.9 Å². The number of nitrogens with one attached hydrogen (secondary N) is 2. The van der Waals surface area contributed by atoms with Crippen LogP contribution in [0.4, 0.5) is 17.5 Å². The number of hydrogen-bond donors (Lipinski definition) is 2. The molecule has 1 atom stereocenters. The Morgan fingerprint density at radius 2 is 1.77 bits per heavy atom. The Balaban J connectivity index is 1.45. The van der Waals surface area contributed by atoms with Gasteiger partial charge in [-0.2, -0.15) is 5.10 Å². The summed E-state index contributed by atoms with van der Waals surface area (Å²) in [6, 6.07) is 18.2. The minimum absolute atomic E-state index is 0.173. The van der Waals surface area contributed by atoms with Crippen LogP contribution in [0.25, 0.3) is 16.8 Å². The number of hydrogen-bond acceptors (Lipinski definition) is 7. The molecule has 0 aliphatic heterocycles. The molecule has 0 aliphatic rings. The van der Waals surface area contributed by atoms with Gasteiger partial charge in [-0.25, -0.2) is 4.98 Å². The SMILES string of the molecule is CNc1cc(-c2ccnc(Nc3ccnn3C)c2)cc2nnc([C@H](C)Cc3ccc(OC)cc3)n12. The maximum atomic E-state index is 5.27. The monoisotopic (exact) mass is 468 g/mol. The molecule has 0 radical (unpaired) electrons. The van der Waals surface area contributed by atoms with Gasteiger partial charge in [0.2, 0.25) is 0 Å². The zero-order valence-corrected chi connectivity index (χ0v) is 20.2. The van der Waals surface area contributed by atoms with E-state index in [0.29, 0.717) is 0 Å². The molecule has 0 saturated carbocycles. The number of methoxy groups -OCH3 is 1. The molecule has 1 aromatic carbocycles. The van der Waals surface area contributed by atoms with Crippen molar-refractivity contribution < 1.29 is 4.74 Å². The van der Waals surface area contributed by atoms with E-state index in [1.165, 1.54) is 5.56 Å². The van der Waals surface area contributed by atoms with Crippen molar-refractivity contribution in [2.45, 2.75) is 19.3 Å². The molecular weight excluding hydrogens is 440 g/mol. The summed E-state index contributed by atoms with van der Waals surface area (Å²) < 4.78 is 9.13. The third-order valence-corrected chi connectivity index (χ3v) is 6.10. The topological polar surface area (TPSA) is 94.2 Å². The van der Waals surface area contributed by atoms with Crippen LogP contribution in [-0.2, 0) is 13.5 Å². The predicted octanol–water partition coefficient (Wildman–Crippen LogP) is 4.66. The second kappa shape index (κ2) is 9.46. The van der Waals surface area contributed by atoms with E-state index in [4.69, 9.17) is 4.74 Å². The van der Waals surface area contributed by atoms with E-state index in [0.717, 1.165) is 52.2 Å². The number of ether oxygens (including phenoxy) is 1. The molecule has 0 amide bonds. The van der Waals surface area contributed by atoms with Crippen LogP contribution < -0.4 is 15.4 Å². The molecule has 5 rings (SSSR count). The van der Waals surface area contributed by atoms with Crippen molar-refractivity contribution in [3.05, 3.63) is 78.4 Å². The van der Waals surface area contributed by atoms with Crippen molar-refractivity contribution >= 4 is 23.1 Å². The fraction of sp³-hybridized carbons (Fsp3) is 0.231. The first-order valence-electron chi connectivity index (χ1n) is 11.5. The fourth-order valence-electron chi connectivity index (χ4n) is 4.22. The van der Waals surface area contributed by atoms with Crippen LogP contribution in [-0.4, -0.2) is 43.5 Å². The van der Waals surface area contributed by atoms with Gasteiger partial charge in [-0.05, 0) is 59.5 Å². The maximum absolute atomic E-state index is 5.27. The molecule has 5 aromatic rings. The van der Waals surface area contributed by atoms with Gasteiger partial charge in [-0.3, -0.25) is 9.08 Å². The lowest BCUT2D eigenvalue weighted by atomic mass is 10.00. The lowest BCUT2D eigenvalue weighted by molar-refractivity contribution is 0.414. The van der Waals surface area contributed by atoms with Gasteiger partial charge in [-0.1, -0.05) is 19.1 Å². The Labute approximate surface area is 203 Å². The highest BCUT2D eigenvalue weighted by molar-refractivity contribution is 5.74. The highest BCUT2D eigenvalue weighted by Gasteiger charge is 2.18. The van der Waals surface area contributed by atoms with E-state index in [-0.39, 0.29) is 5.92 Å². The summed E-state index contributed by atoms with van der Waals surface area (Å²) in [5.74, 6) is 4.49. The van der Waals surface area contributed by atoms with Gasteiger partial charge in [0.25, 0.3) is 0 Å². The summed E-state index contributed by atoms with van der Waals surface area (Å²) in [5, 5.41) is 19.9. The van der Waals surface area contributed by atoms with Crippen molar-refractivity contribution in [1.82, 2.24) is 29.4 Å². The average Bonchev–Trinajstić information content (AvgIpc) is 3.50. The summed E-state index contributed by atoms with van der Waals surface area (Å²) in [5.41, 5.74) is 4.07. The van der Waals surface area contributed by atoms with Crippen LogP contribution in [0.1, 0.15) is 24.2 Å². The third kappa shape index (κ3) is 4.52. The van der Waals surface area contributed by atoms with Crippen molar-refractivity contribution in [1.29, 1.82) is 0 Å². The molecule has 0 saturated heterocycles. The Hall–Kier alpha value is -4.40. The summed E-state index contributed by atoms with van der Waals surface area (Å²) in [4.78, 5) is 4.45. The largest absolute Gasteiger partial charge is 0.497 e. The number of aryl methyl sites for hydroxylation is 1. The van der Waals surface area contributed by atoms with Crippen molar-refractivity contribution in [3.63, 3.8) is 0 Å². The molecule has 35 heavy (non-hydrogen) atoms. The Bertz CT molecular complexity index is 1450. The van der Waals surface area contributed by atoms with Crippen LogP contribution in [0.2, 0.25) is 0 Å². The van der Waals surface area contributed by atoms with Gasteiger partial charge in [0.1, 0.15) is 29.0 Å². The Morgan fingerprint density at radius 3 is 2.49 bits per heavy atom. The second-order valence-electron chi connectivity index (χ2n) is 8.48. The van der Waals surface area contributed by atoms with Crippen LogP contribution in [0.5, 0.6) is 5.75 Å². The average molecular weight is 469 g/mol. The molecule has 0 spiro atoms. The molecule has 0 unspecified atom stereocenters. The zero-order chi connectivity index (χ0) is 24.4. The summed E-state index contributed by atoms with van der Waals surface area (Å²) in [6.07, 6.45) is 4.39. The van der Waals surface area contributed by atoms with E-state index in [2.05, 4.69) is 66.5 Å². The predicted molar refractivity (Wildman–Crippen MR) is 137 cm³/mol. The number of fused-ring (bicyclic) bond motifs is 1. The first kappa shape index (κ1) is 22.4. The molecule has 0 fully saturated rings. The lowest BCUT2D eigenvalue weighted by Gasteiger charge is -2.15. The first-order valence-corrected chi connectivity index (χ1v) is 11.5. The number of anilines is 3. The maximum Gasteiger partial charge on any atom is 0.163 e. The van der Waals surface area contributed by atoms with E-state index >= 15 is 0 Å². The van der Waals surface area contributed by atoms with E-state index < -0.39 is 0 Å². The van der Waals surface area contributed by atoms with Crippen molar-refractivity contribution in [2.24, 2.45) is 7.05 Å². The molecule has 0 aliphatic carbocycles. The van der Waals surface area contributed by atoms with Crippen LogP contribution in [0.15, 0.2) is 67.0 Å². The Kier molecular flexibility index (Phi) is 6.05. The van der Waals surface area contributed by atoms with Gasteiger partial charge in [-0.15, -0.1) is 10.2 Å². The molecule has 4 aromatic heterocycles. The highest BCUT2D eigenvalue weighted by Crippen LogP contribution is 2.30. The van der Waals surface area contributed by atoms with Crippen LogP contribution >= 0.6 is 0 Å². The molecule has 178 valence electrons. The van der Waals surface area contributed by atoms with Gasteiger partial charge >= 0.3 is 0 Å². The van der Waals surface area contributed by atoms with E-state index in [1.54, 1.807) is 24.2 Å². The first-order chi connectivity index (χ1) is 17.1. The number of pyridine rings is 2. The molecular formula is C26H28N8O. The summed E-state index contributed by atoms with van der Waals surface area (Å²) in [6.45, 7) is 2.17. The number of rotatable bonds is 8.